The fourth-order valence-corrected chi connectivity index (χ4v) is 3.78. The van der Waals surface area contributed by atoms with Crippen LogP contribution in [0.2, 0.25) is 0 Å². The van der Waals surface area contributed by atoms with Crippen LogP contribution < -0.4 is 0 Å². The lowest BCUT2D eigenvalue weighted by Gasteiger charge is -2.39. The Labute approximate surface area is 109 Å². The summed E-state index contributed by atoms with van der Waals surface area (Å²) in [5.41, 5.74) is -2.61. The molecule has 0 aromatic carbocycles. The monoisotopic (exact) mass is 277 g/mol. The number of aliphatic hydroxyl groups is 1. The maximum atomic E-state index is 12.7. The Kier molecular flexibility index (Phi) is 2.86. The summed E-state index contributed by atoms with van der Waals surface area (Å²) in [6, 6.07) is 0. The van der Waals surface area contributed by atoms with E-state index in [4.69, 9.17) is 0 Å². The number of alkyl halides is 3. The number of hydrogen-bond donors (Lipinski definition) is 1. The van der Waals surface area contributed by atoms with Gasteiger partial charge in [0.15, 0.2) is 5.60 Å². The van der Waals surface area contributed by atoms with Gasteiger partial charge in [-0.05, 0) is 24.7 Å². The lowest BCUT2D eigenvalue weighted by molar-refractivity contribution is -0.272. The van der Waals surface area contributed by atoms with Crippen molar-refractivity contribution in [2.24, 2.45) is 17.8 Å². The van der Waals surface area contributed by atoms with Gasteiger partial charge in [0, 0.05) is 31.8 Å². The second-order valence-electron chi connectivity index (χ2n) is 6.14. The first-order valence-corrected chi connectivity index (χ1v) is 6.91. The summed E-state index contributed by atoms with van der Waals surface area (Å²) in [6.07, 6.45) is -2.05. The molecule has 108 valence electrons. The minimum Gasteiger partial charge on any atom is -0.380 e. The third-order valence-electron chi connectivity index (χ3n) is 5.12. The topological polar surface area (TPSA) is 40.5 Å². The first-order valence-electron chi connectivity index (χ1n) is 6.91. The molecule has 1 amide bonds. The second-order valence-corrected chi connectivity index (χ2v) is 6.14. The maximum Gasteiger partial charge on any atom is 0.417 e. The van der Waals surface area contributed by atoms with E-state index in [0.29, 0.717) is 11.8 Å². The van der Waals surface area contributed by atoms with Crippen LogP contribution in [0.15, 0.2) is 0 Å². The molecular weight excluding hydrogens is 259 g/mol. The zero-order valence-electron chi connectivity index (χ0n) is 10.6. The molecule has 2 saturated carbocycles. The van der Waals surface area contributed by atoms with Crippen molar-refractivity contribution in [3.8, 4) is 0 Å². The minimum atomic E-state index is -4.60. The SMILES string of the molecule is O=C(C1C2CCCC21)N1CCC(O)(C(F)(F)F)CC1. The normalized spacial score (nSPS) is 37.1. The van der Waals surface area contributed by atoms with E-state index in [1.54, 1.807) is 0 Å². The van der Waals surface area contributed by atoms with Crippen LogP contribution in [-0.2, 0) is 4.79 Å². The Morgan fingerprint density at radius 2 is 1.68 bits per heavy atom. The van der Waals surface area contributed by atoms with Crippen molar-refractivity contribution in [3.63, 3.8) is 0 Å². The van der Waals surface area contributed by atoms with Crippen LogP contribution >= 0.6 is 0 Å². The summed E-state index contributed by atoms with van der Waals surface area (Å²) < 4.78 is 38.0. The number of carbonyl (C=O) groups excluding carboxylic acids is 1. The molecule has 1 N–H and O–H groups in total. The van der Waals surface area contributed by atoms with Crippen molar-refractivity contribution in [3.05, 3.63) is 0 Å². The van der Waals surface area contributed by atoms with Gasteiger partial charge in [0.1, 0.15) is 0 Å². The summed E-state index contributed by atoms with van der Waals surface area (Å²) in [4.78, 5) is 13.7. The zero-order chi connectivity index (χ0) is 13.8. The number of likely N-dealkylation sites (tertiary alicyclic amines) is 1. The van der Waals surface area contributed by atoms with Gasteiger partial charge in [0.2, 0.25) is 5.91 Å². The van der Waals surface area contributed by atoms with Gasteiger partial charge in [-0.1, -0.05) is 6.42 Å². The van der Waals surface area contributed by atoms with E-state index < -0.39 is 24.6 Å². The summed E-state index contributed by atoms with van der Waals surface area (Å²) in [5.74, 6) is 1.04. The first-order chi connectivity index (χ1) is 8.83. The third kappa shape index (κ3) is 2.04. The molecule has 3 nitrogen and oxygen atoms in total. The Morgan fingerprint density at radius 1 is 1.16 bits per heavy atom. The van der Waals surface area contributed by atoms with Crippen LogP contribution in [0.25, 0.3) is 0 Å². The van der Waals surface area contributed by atoms with Crippen molar-refractivity contribution in [1.29, 1.82) is 0 Å². The van der Waals surface area contributed by atoms with Gasteiger partial charge in [0.25, 0.3) is 0 Å². The highest BCUT2D eigenvalue weighted by molar-refractivity contribution is 5.82. The van der Waals surface area contributed by atoms with Gasteiger partial charge in [-0.15, -0.1) is 0 Å². The van der Waals surface area contributed by atoms with Crippen LogP contribution in [0.3, 0.4) is 0 Å². The lowest BCUT2D eigenvalue weighted by Crippen LogP contribution is -2.54. The van der Waals surface area contributed by atoms with Gasteiger partial charge in [-0.3, -0.25) is 4.79 Å². The molecule has 3 aliphatic rings. The fraction of sp³-hybridized carbons (Fsp3) is 0.923. The third-order valence-corrected chi connectivity index (χ3v) is 5.12. The fourth-order valence-electron chi connectivity index (χ4n) is 3.78. The smallest absolute Gasteiger partial charge is 0.380 e. The molecule has 0 aromatic rings. The highest BCUT2D eigenvalue weighted by atomic mass is 19.4. The molecule has 2 unspecified atom stereocenters. The maximum absolute atomic E-state index is 12.7. The van der Waals surface area contributed by atoms with Crippen molar-refractivity contribution >= 4 is 5.91 Å². The van der Waals surface area contributed by atoms with Gasteiger partial charge in [-0.2, -0.15) is 13.2 Å². The van der Waals surface area contributed by atoms with Crippen LogP contribution in [0.1, 0.15) is 32.1 Å². The second kappa shape index (κ2) is 4.11. The number of nitrogens with zero attached hydrogens (tertiary/aromatic N) is 1. The van der Waals surface area contributed by atoms with Crippen LogP contribution in [0.5, 0.6) is 0 Å². The predicted octanol–water partition coefficient (Wildman–Crippen LogP) is 1.95. The van der Waals surface area contributed by atoms with Gasteiger partial charge < -0.3 is 10.0 Å². The van der Waals surface area contributed by atoms with E-state index in [1.807, 2.05) is 0 Å². The van der Waals surface area contributed by atoms with Gasteiger partial charge in [0.05, 0.1) is 0 Å². The number of fused-ring (bicyclic) bond motifs is 1. The largest absolute Gasteiger partial charge is 0.417 e. The standard InChI is InChI=1S/C13H18F3NO2/c14-13(15,16)12(19)4-6-17(7-5-12)11(18)10-8-2-1-3-9(8)10/h8-10,19H,1-7H2. The molecule has 6 heteroatoms. The molecular formula is C13H18F3NO2. The molecule has 0 bridgehead atoms. The van der Waals surface area contributed by atoms with E-state index in [9.17, 15) is 23.1 Å². The molecule has 0 aromatic heterocycles. The molecule has 0 radical (unpaired) electrons. The predicted molar refractivity (Wildman–Crippen MR) is 61.1 cm³/mol. The van der Waals surface area contributed by atoms with E-state index in [2.05, 4.69) is 0 Å². The molecule has 0 spiro atoms. The highest BCUT2D eigenvalue weighted by Gasteiger charge is 2.59. The molecule has 2 atom stereocenters. The van der Waals surface area contributed by atoms with E-state index in [1.165, 1.54) is 11.3 Å². The van der Waals surface area contributed by atoms with Crippen LogP contribution in [0.4, 0.5) is 13.2 Å². The summed E-state index contributed by atoms with van der Waals surface area (Å²) in [6.45, 7) is 0.0373. The lowest BCUT2D eigenvalue weighted by atomic mass is 9.90. The number of amides is 1. The number of halogens is 3. The quantitative estimate of drug-likeness (QED) is 0.796. The summed E-state index contributed by atoms with van der Waals surface area (Å²) in [5, 5.41) is 9.56. The number of rotatable bonds is 1. The molecule has 1 aliphatic heterocycles. The van der Waals surface area contributed by atoms with Crippen molar-refractivity contribution in [2.75, 3.05) is 13.1 Å². The Balaban J connectivity index is 1.57. The zero-order valence-corrected chi connectivity index (χ0v) is 10.6. The number of hydrogen-bond acceptors (Lipinski definition) is 2. The summed E-state index contributed by atoms with van der Waals surface area (Å²) in [7, 11) is 0. The van der Waals surface area contributed by atoms with E-state index in [-0.39, 0.29) is 24.9 Å². The van der Waals surface area contributed by atoms with Crippen molar-refractivity contribution < 1.29 is 23.1 Å². The molecule has 3 rings (SSSR count). The average Bonchev–Trinajstić information content (AvgIpc) is 2.81. The Morgan fingerprint density at radius 3 is 2.16 bits per heavy atom. The Hall–Kier alpha value is -0.780. The number of piperidine rings is 1. The average molecular weight is 277 g/mol. The molecule has 2 aliphatic carbocycles. The molecule has 1 heterocycles. The molecule has 3 fully saturated rings. The summed E-state index contributed by atoms with van der Waals surface area (Å²) >= 11 is 0. The van der Waals surface area contributed by atoms with E-state index in [0.717, 1.165) is 12.8 Å². The van der Waals surface area contributed by atoms with Crippen LogP contribution in [0, 0.1) is 17.8 Å². The molecule has 19 heavy (non-hydrogen) atoms. The van der Waals surface area contributed by atoms with Crippen molar-refractivity contribution in [2.45, 2.75) is 43.9 Å². The number of carbonyl (C=O) groups is 1. The van der Waals surface area contributed by atoms with E-state index >= 15 is 0 Å². The highest BCUT2D eigenvalue weighted by Crippen LogP contribution is 2.58. The van der Waals surface area contributed by atoms with Gasteiger partial charge >= 0.3 is 6.18 Å². The first kappa shape index (κ1) is 13.2. The van der Waals surface area contributed by atoms with Gasteiger partial charge in [-0.25, -0.2) is 0 Å². The minimum absolute atomic E-state index is 0.0129. The van der Waals surface area contributed by atoms with Crippen molar-refractivity contribution in [1.82, 2.24) is 4.90 Å². The van der Waals surface area contributed by atoms with Crippen LogP contribution in [-0.4, -0.2) is 40.8 Å². The Bertz CT molecular complexity index is 378. The molecule has 1 saturated heterocycles.